The first-order chi connectivity index (χ1) is 12.0. The van der Waals surface area contributed by atoms with Gasteiger partial charge in [-0.25, -0.2) is 9.67 Å². The molecule has 2 N–H and O–H groups in total. The second-order valence-corrected chi connectivity index (χ2v) is 7.18. The molecule has 0 amide bonds. The van der Waals surface area contributed by atoms with Gasteiger partial charge in [-0.3, -0.25) is 0 Å². The van der Waals surface area contributed by atoms with Gasteiger partial charge in [-0.15, -0.1) is 0 Å². The van der Waals surface area contributed by atoms with E-state index in [0.29, 0.717) is 11.7 Å². The Balaban J connectivity index is 1.82. The van der Waals surface area contributed by atoms with Crippen molar-refractivity contribution in [3.05, 3.63) is 23.8 Å². The van der Waals surface area contributed by atoms with Crippen LogP contribution in [-0.2, 0) is 5.54 Å². The van der Waals surface area contributed by atoms with Crippen molar-refractivity contribution in [3.63, 3.8) is 0 Å². The van der Waals surface area contributed by atoms with Crippen LogP contribution in [0.5, 0.6) is 0 Å². The number of aryl methyl sites for hydroxylation is 1. The van der Waals surface area contributed by atoms with Gasteiger partial charge < -0.3 is 10.3 Å². The largest absolute Gasteiger partial charge is 0.334 e. The van der Waals surface area contributed by atoms with Crippen molar-refractivity contribution < 1.29 is 4.52 Å². The zero-order valence-electron chi connectivity index (χ0n) is 15.0. The predicted octanol–water partition coefficient (Wildman–Crippen LogP) is 3.49. The van der Waals surface area contributed by atoms with Gasteiger partial charge in [0.05, 0.1) is 28.7 Å². The lowest BCUT2D eigenvalue weighted by Gasteiger charge is -2.17. The molecule has 4 rings (SSSR count). The van der Waals surface area contributed by atoms with Gasteiger partial charge >= 0.3 is 0 Å². The van der Waals surface area contributed by atoms with E-state index in [9.17, 15) is 0 Å². The standard InChI is InChI=1S/C18H24N6O/c1-4-12(3)24-15-14(10-20-24)13(9-11(2)21-15)16-22-17(23-25-16)18(19)7-5-6-8-18/h9-10,12H,4-8,19H2,1-3H3. The first-order valence-corrected chi connectivity index (χ1v) is 9.00. The quantitative estimate of drug-likeness (QED) is 0.781. The summed E-state index contributed by atoms with van der Waals surface area (Å²) in [5.74, 6) is 1.10. The molecule has 1 atom stereocenters. The van der Waals surface area contributed by atoms with Crippen molar-refractivity contribution in [1.82, 2.24) is 24.9 Å². The first-order valence-electron chi connectivity index (χ1n) is 9.00. The van der Waals surface area contributed by atoms with E-state index < -0.39 is 5.54 Å². The van der Waals surface area contributed by atoms with Crippen molar-refractivity contribution >= 4 is 11.0 Å². The van der Waals surface area contributed by atoms with Crippen LogP contribution in [0.3, 0.4) is 0 Å². The van der Waals surface area contributed by atoms with E-state index in [1.54, 1.807) is 0 Å². The number of nitrogens with two attached hydrogens (primary N) is 1. The van der Waals surface area contributed by atoms with Crippen LogP contribution in [0, 0.1) is 6.92 Å². The number of pyridine rings is 1. The molecule has 1 saturated carbocycles. The molecule has 7 nitrogen and oxygen atoms in total. The van der Waals surface area contributed by atoms with Crippen LogP contribution >= 0.6 is 0 Å². The SMILES string of the molecule is CCC(C)n1ncc2c(-c3nc(C4(N)CCCC4)no3)cc(C)nc21. The highest BCUT2D eigenvalue weighted by molar-refractivity contribution is 5.90. The Hall–Kier alpha value is -2.28. The fourth-order valence-corrected chi connectivity index (χ4v) is 3.58. The summed E-state index contributed by atoms with van der Waals surface area (Å²) in [6, 6.07) is 2.25. The summed E-state index contributed by atoms with van der Waals surface area (Å²) in [4.78, 5) is 9.31. The zero-order valence-corrected chi connectivity index (χ0v) is 15.0. The Morgan fingerprint density at radius 2 is 2.08 bits per heavy atom. The number of hydrogen-bond acceptors (Lipinski definition) is 6. The lowest BCUT2D eigenvalue weighted by molar-refractivity contribution is 0.373. The lowest BCUT2D eigenvalue weighted by atomic mass is 9.98. The maximum absolute atomic E-state index is 6.46. The summed E-state index contributed by atoms with van der Waals surface area (Å²) in [7, 11) is 0. The van der Waals surface area contributed by atoms with E-state index >= 15 is 0 Å². The Morgan fingerprint density at radius 1 is 1.32 bits per heavy atom. The van der Waals surface area contributed by atoms with Gasteiger partial charge in [0.15, 0.2) is 11.5 Å². The Kier molecular flexibility index (Phi) is 3.83. The third-order valence-electron chi connectivity index (χ3n) is 5.30. The highest BCUT2D eigenvalue weighted by atomic mass is 16.5. The summed E-state index contributed by atoms with van der Waals surface area (Å²) in [6.45, 7) is 6.25. The molecule has 3 aromatic rings. The molecule has 1 aliphatic rings. The van der Waals surface area contributed by atoms with Gasteiger partial charge in [0.1, 0.15) is 0 Å². The topological polar surface area (TPSA) is 95.7 Å². The minimum absolute atomic E-state index is 0.281. The van der Waals surface area contributed by atoms with Crippen molar-refractivity contribution in [2.45, 2.75) is 64.5 Å². The maximum Gasteiger partial charge on any atom is 0.258 e. The number of aromatic nitrogens is 5. The molecule has 0 saturated heterocycles. The van der Waals surface area contributed by atoms with Gasteiger partial charge in [0.25, 0.3) is 5.89 Å². The van der Waals surface area contributed by atoms with Crippen LogP contribution in [0.25, 0.3) is 22.5 Å². The van der Waals surface area contributed by atoms with Crippen LogP contribution in [0.15, 0.2) is 16.8 Å². The summed E-state index contributed by atoms with van der Waals surface area (Å²) in [5.41, 5.74) is 8.63. The third kappa shape index (κ3) is 2.63. The molecule has 0 spiro atoms. The second kappa shape index (κ2) is 5.91. The Bertz CT molecular complexity index is 906. The summed E-state index contributed by atoms with van der Waals surface area (Å²) in [6.07, 6.45) is 6.86. The third-order valence-corrected chi connectivity index (χ3v) is 5.30. The first kappa shape index (κ1) is 16.2. The Morgan fingerprint density at radius 3 is 2.80 bits per heavy atom. The van der Waals surface area contributed by atoms with Crippen LogP contribution < -0.4 is 5.73 Å². The summed E-state index contributed by atoms with van der Waals surface area (Å²) >= 11 is 0. The van der Waals surface area contributed by atoms with E-state index in [4.69, 9.17) is 10.3 Å². The molecule has 0 bridgehead atoms. The van der Waals surface area contributed by atoms with Gasteiger partial charge in [0, 0.05) is 5.69 Å². The zero-order chi connectivity index (χ0) is 17.6. The van der Waals surface area contributed by atoms with Gasteiger partial charge in [-0.05, 0) is 39.2 Å². The summed E-state index contributed by atoms with van der Waals surface area (Å²) in [5, 5.41) is 9.64. The lowest BCUT2D eigenvalue weighted by Crippen LogP contribution is -2.34. The minimum atomic E-state index is -0.455. The molecular formula is C18H24N6O. The van der Waals surface area contributed by atoms with E-state index in [0.717, 1.165) is 54.4 Å². The molecule has 3 aromatic heterocycles. The summed E-state index contributed by atoms with van der Waals surface area (Å²) < 4.78 is 7.54. The highest BCUT2D eigenvalue weighted by Crippen LogP contribution is 2.36. The van der Waals surface area contributed by atoms with E-state index in [1.807, 2.05) is 23.9 Å². The molecule has 1 aliphatic carbocycles. The van der Waals surface area contributed by atoms with Crippen LogP contribution in [-0.4, -0.2) is 24.9 Å². The van der Waals surface area contributed by atoms with Crippen LogP contribution in [0.1, 0.15) is 63.5 Å². The molecule has 7 heteroatoms. The number of fused-ring (bicyclic) bond motifs is 1. The monoisotopic (exact) mass is 340 g/mol. The average molecular weight is 340 g/mol. The number of hydrogen-bond donors (Lipinski definition) is 1. The minimum Gasteiger partial charge on any atom is -0.334 e. The molecule has 132 valence electrons. The van der Waals surface area contributed by atoms with Crippen LogP contribution in [0.4, 0.5) is 0 Å². The van der Waals surface area contributed by atoms with Crippen LogP contribution in [0.2, 0.25) is 0 Å². The number of rotatable bonds is 4. The molecule has 0 aliphatic heterocycles. The normalized spacial score (nSPS) is 18.1. The highest BCUT2D eigenvalue weighted by Gasteiger charge is 2.36. The van der Waals surface area contributed by atoms with Crippen molar-refractivity contribution in [1.29, 1.82) is 0 Å². The van der Waals surface area contributed by atoms with Crippen molar-refractivity contribution in [2.75, 3.05) is 0 Å². The fraction of sp³-hybridized carbons (Fsp3) is 0.556. The molecular weight excluding hydrogens is 316 g/mol. The average Bonchev–Trinajstić information content (AvgIpc) is 3.32. The fourth-order valence-electron chi connectivity index (χ4n) is 3.58. The van der Waals surface area contributed by atoms with Gasteiger partial charge in [0.2, 0.25) is 0 Å². The van der Waals surface area contributed by atoms with Crippen molar-refractivity contribution in [3.8, 4) is 11.5 Å². The van der Waals surface area contributed by atoms with E-state index in [1.165, 1.54) is 0 Å². The second-order valence-electron chi connectivity index (χ2n) is 7.18. The van der Waals surface area contributed by atoms with Crippen molar-refractivity contribution in [2.24, 2.45) is 5.73 Å². The molecule has 25 heavy (non-hydrogen) atoms. The molecule has 0 radical (unpaired) electrons. The molecule has 0 aromatic carbocycles. The number of nitrogens with zero attached hydrogens (tertiary/aromatic N) is 5. The molecule has 3 heterocycles. The van der Waals surface area contributed by atoms with Gasteiger partial charge in [-0.2, -0.15) is 10.1 Å². The predicted molar refractivity (Wildman–Crippen MR) is 94.9 cm³/mol. The smallest absolute Gasteiger partial charge is 0.258 e. The Labute approximate surface area is 146 Å². The molecule has 1 unspecified atom stereocenters. The maximum atomic E-state index is 6.46. The van der Waals surface area contributed by atoms with E-state index in [-0.39, 0.29) is 6.04 Å². The van der Waals surface area contributed by atoms with Gasteiger partial charge in [-0.1, -0.05) is 24.9 Å². The van der Waals surface area contributed by atoms with E-state index in [2.05, 4.69) is 34.1 Å². The molecule has 1 fully saturated rings.